The summed E-state index contributed by atoms with van der Waals surface area (Å²) in [5.41, 5.74) is 9.97. The summed E-state index contributed by atoms with van der Waals surface area (Å²) < 4.78 is 4.83. The van der Waals surface area contributed by atoms with E-state index in [0.717, 1.165) is 11.3 Å². The second-order valence-electron chi connectivity index (χ2n) is 5.02. The molecule has 0 spiro atoms. The first-order valence-electron chi connectivity index (χ1n) is 6.77. The lowest BCUT2D eigenvalue weighted by Gasteiger charge is -2.23. The summed E-state index contributed by atoms with van der Waals surface area (Å²) >= 11 is 0. The van der Waals surface area contributed by atoms with Crippen molar-refractivity contribution >= 4 is 17.3 Å². The van der Waals surface area contributed by atoms with Crippen LogP contribution >= 0.6 is 0 Å². The Hall–Kier alpha value is -2.49. The highest BCUT2D eigenvalue weighted by molar-refractivity contribution is 5.96. The minimum absolute atomic E-state index is 0.402. The molecule has 0 aliphatic carbocycles. The molecule has 2 N–H and O–H groups in total. The lowest BCUT2D eigenvalue weighted by atomic mass is 10.0. The lowest BCUT2D eigenvalue weighted by Crippen LogP contribution is -2.20. The quantitative estimate of drug-likeness (QED) is 0.692. The third-order valence-electron chi connectivity index (χ3n) is 3.51. The Labute approximate surface area is 125 Å². The van der Waals surface area contributed by atoms with Gasteiger partial charge in [0.1, 0.15) is 0 Å². The normalized spacial score (nSPS) is 10.2. The topological polar surface area (TPSA) is 55.6 Å². The number of anilines is 2. The highest BCUT2D eigenvalue weighted by Crippen LogP contribution is 2.24. The smallest absolute Gasteiger partial charge is 0.340 e. The van der Waals surface area contributed by atoms with Crippen LogP contribution in [0.5, 0.6) is 0 Å². The monoisotopic (exact) mass is 284 g/mol. The molecule has 0 unspecified atom stereocenters. The van der Waals surface area contributed by atoms with Gasteiger partial charge in [-0.1, -0.05) is 30.3 Å². The molecule has 4 nitrogen and oxygen atoms in total. The number of nitrogen functional groups attached to an aromatic ring is 1. The Morgan fingerprint density at radius 2 is 1.90 bits per heavy atom. The van der Waals surface area contributed by atoms with Crippen LogP contribution in [-0.4, -0.2) is 20.1 Å². The highest BCUT2D eigenvalue weighted by atomic mass is 16.5. The van der Waals surface area contributed by atoms with E-state index in [1.165, 1.54) is 12.7 Å². The van der Waals surface area contributed by atoms with E-state index >= 15 is 0 Å². The average Bonchev–Trinajstić information content (AvgIpc) is 2.47. The molecule has 0 radical (unpaired) electrons. The van der Waals surface area contributed by atoms with Crippen LogP contribution in [0.25, 0.3) is 0 Å². The second kappa shape index (κ2) is 6.31. The van der Waals surface area contributed by atoms with Crippen LogP contribution < -0.4 is 10.6 Å². The molecule has 0 bridgehead atoms. The maximum Gasteiger partial charge on any atom is 0.340 e. The van der Waals surface area contributed by atoms with Crippen molar-refractivity contribution in [3.8, 4) is 0 Å². The SMILES string of the molecule is COC(=O)c1c(N)cccc1CN(C)c1ccccc1C. The number of rotatable bonds is 4. The summed E-state index contributed by atoms with van der Waals surface area (Å²) in [7, 11) is 3.36. The zero-order chi connectivity index (χ0) is 15.4. The molecule has 0 amide bonds. The Bertz CT molecular complexity index is 653. The van der Waals surface area contributed by atoms with Crippen LogP contribution in [0.1, 0.15) is 21.5 Å². The molecule has 2 aromatic carbocycles. The molecule has 0 fully saturated rings. The van der Waals surface area contributed by atoms with Gasteiger partial charge < -0.3 is 15.4 Å². The number of methoxy groups -OCH3 is 1. The zero-order valence-corrected chi connectivity index (χ0v) is 12.6. The molecular weight excluding hydrogens is 264 g/mol. The molecule has 0 aromatic heterocycles. The van der Waals surface area contributed by atoms with Crippen molar-refractivity contribution in [3.63, 3.8) is 0 Å². The average molecular weight is 284 g/mol. The third-order valence-corrected chi connectivity index (χ3v) is 3.51. The van der Waals surface area contributed by atoms with E-state index in [2.05, 4.69) is 24.0 Å². The summed E-state index contributed by atoms with van der Waals surface area (Å²) in [5, 5.41) is 0. The molecule has 0 saturated carbocycles. The van der Waals surface area contributed by atoms with Crippen LogP contribution in [0.4, 0.5) is 11.4 Å². The van der Waals surface area contributed by atoms with Crippen LogP contribution in [0.15, 0.2) is 42.5 Å². The van der Waals surface area contributed by atoms with Crippen LogP contribution in [0.2, 0.25) is 0 Å². The van der Waals surface area contributed by atoms with Gasteiger partial charge in [0.05, 0.1) is 12.7 Å². The number of hydrogen-bond acceptors (Lipinski definition) is 4. The number of ether oxygens (including phenoxy) is 1. The van der Waals surface area contributed by atoms with E-state index in [-0.39, 0.29) is 0 Å². The van der Waals surface area contributed by atoms with Crippen LogP contribution in [-0.2, 0) is 11.3 Å². The number of carbonyl (C=O) groups is 1. The van der Waals surface area contributed by atoms with Crippen molar-refractivity contribution in [2.45, 2.75) is 13.5 Å². The summed E-state index contributed by atoms with van der Waals surface area (Å²) in [5.74, 6) is -0.402. The van der Waals surface area contributed by atoms with Crippen molar-refractivity contribution in [2.75, 3.05) is 24.8 Å². The Balaban J connectivity index is 2.34. The number of carbonyl (C=O) groups excluding carboxylic acids is 1. The van der Waals surface area contributed by atoms with Gasteiger partial charge in [-0.15, -0.1) is 0 Å². The molecule has 110 valence electrons. The predicted molar refractivity (Wildman–Crippen MR) is 85.5 cm³/mol. The molecule has 0 aliphatic heterocycles. The molecule has 0 saturated heterocycles. The summed E-state index contributed by atoms with van der Waals surface area (Å²) in [6.07, 6.45) is 0. The van der Waals surface area contributed by atoms with Gasteiger partial charge >= 0.3 is 5.97 Å². The van der Waals surface area contributed by atoms with E-state index in [4.69, 9.17) is 10.5 Å². The first-order valence-corrected chi connectivity index (χ1v) is 6.77. The van der Waals surface area contributed by atoms with Gasteiger partial charge in [-0.05, 0) is 30.2 Å². The molecule has 2 rings (SSSR count). The number of para-hydroxylation sites is 1. The van der Waals surface area contributed by atoms with Gasteiger partial charge in [0, 0.05) is 25.0 Å². The number of nitrogens with zero attached hydrogens (tertiary/aromatic N) is 1. The van der Waals surface area contributed by atoms with Crippen molar-refractivity contribution < 1.29 is 9.53 Å². The molecule has 0 atom stereocenters. The number of hydrogen-bond donors (Lipinski definition) is 1. The standard InChI is InChI=1S/C17H20N2O2/c1-12-7-4-5-10-15(12)19(2)11-13-8-6-9-14(18)16(13)17(20)21-3/h4-10H,11,18H2,1-3H3. The molecule has 4 heteroatoms. The lowest BCUT2D eigenvalue weighted by molar-refractivity contribution is 0.0600. The van der Waals surface area contributed by atoms with Crippen LogP contribution in [0, 0.1) is 6.92 Å². The minimum Gasteiger partial charge on any atom is -0.465 e. The van der Waals surface area contributed by atoms with Gasteiger partial charge in [-0.3, -0.25) is 0 Å². The number of nitrogens with two attached hydrogens (primary N) is 1. The molecule has 0 heterocycles. The van der Waals surface area contributed by atoms with Crippen LogP contribution in [0.3, 0.4) is 0 Å². The fourth-order valence-corrected chi connectivity index (χ4v) is 2.44. The number of aryl methyl sites for hydroxylation is 1. The van der Waals surface area contributed by atoms with Gasteiger partial charge in [0.15, 0.2) is 0 Å². The molecule has 0 aliphatic rings. The molecule has 2 aromatic rings. The maximum atomic E-state index is 11.9. The van der Waals surface area contributed by atoms with Gasteiger partial charge in [-0.2, -0.15) is 0 Å². The second-order valence-corrected chi connectivity index (χ2v) is 5.02. The third kappa shape index (κ3) is 3.16. The van der Waals surface area contributed by atoms with E-state index in [0.29, 0.717) is 17.8 Å². The number of esters is 1. The number of benzene rings is 2. The summed E-state index contributed by atoms with van der Waals surface area (Å²) in [6, 6.07) is 13.6. The van der Waals surface area contributed by atoms with Crippen molar-refractivity contribution in [2.24, 2.45) is 0 Å². The minimum atomic E-state index is -0.402. The maximum absolute atomic E-state index is 11.9. The fraction of sp³-hybridized carbons (Fsp3) is 0.235. The fourth-order valence-electron chi connectivity index (χ4n) is 2.44. The summed E-state index contributed by atoms with van der Waals surface area (Å²) in [6.45, 7) is 2.65. The first-order chi connectivity index (χ1) is 10.0. The van der Waals surface area contributed by atoms with Gasteiger partial charge in [0.25, 0.3) is 0 Å². The first kappa shape index (κ1) is 14.9. The van der Waals surface area contributed by atoms with E-state index in [1.807, 2.05) is 31.3 Å². The zero-order valence-electron chi connectivity index (χ0n) is 12.6. The van der Waals surface area contributed by atoms with Gasteiger partial charge in [-0.25, -0.2) is 4.79 Å². The van der Waals surface area contributed by atoms with Gasteiger partial charge in [0.2, 0.25) is 0 Å². The highest BCUT2D eigenvalue weighted by Gasteiger charge is 2.17. The van der Waals surface area contributed by atoms with Crippen molar-refractivity contribution in [3.05, 3.63) is 59.2 Å². The summed E-state index contributed by atoms with van der Waals surface area (Å²) in [4.78, 5) is 14.0. The van der Waals surface area contributed by atoms with E-state index in [9.17, 15) is 4.79 Å². The van der Waals surface area contributed by atoms with E-state index in [1.54, 1.807) is 6.07 Å². The molecule has 21 heavy (non-hydrogen) atoms. The van der Waals surface area contributed by atoms with Crippen molar-refractivity contribution in [1.29, 1.82) is 0 Å². The predicted octanol–water partition coefficient (Wildman–Crippen LogP) is 3.00. The molecular formula is C17H20N2O2. The largest absolute Gasteiger partial charge is 0.465 e. The van der Waals surface area contributed by atoms with Crippen molar-refractivity contribution in [1.82, 2.24) is 0 Å². The Morgan fingerprint density at radius 3 is 2.57 bits per heavy atom. The Morgan fingerprint density at radius 1 is 1.19 bits per heavy atom. The van der Waals surface area contributed by atoms with E-state index < -0.39 is 5.97 Å². The Kier molecular flexibility index (Phi) is 4.48.